The molecule has 0 unspecified atom stereocenters. The van der Waals surface area contributed by atoms with Gasteiger partial charge in [-0.1, -0.05) is 31.1 Å². The molecule has 2 heterocycles. The van der Waals surface area contributed by atoms with Crippen molar-refractivity contribution in [1.82, 2.24) is 19.9 Å². The first-order valence-electron chi connectivity index (χ1n) is 8.15. The van der Waals surface area contributed by atoms with Gasteiger partial charge >= 0.3 is 0 Å². The number of aromatic nitrogens is 2. The molecule has 1 fully saturated rings. The Bertz CT molecular complexity index is 633. The van der Waals surface area contributed by atoms with Crippen LogP contribution in [0.5, 0.6) is 5.75 Å². The predicted molar refractivity (Wildman–Crippen MR) is 87.0 cm³/mol. The molecule has 0 radical (unpaired) electrons. The van der Waals surface area contributed by atoms with E-state index in [2.05, 4.69) is 39.9 Å². The van der Waals surface area contributed by atoms with E-state index < -0.39 is 0 Å². The summed E-state index contributed by atoms with van der Waals surface area (Å²) >= 11 is 0. The highest BCUT2D eigenvalue weighted by Gasteiger charge is 2.19. The maximum absolute atomic E-state index is 9.54. The highest BCUT2D eigenvalue weighted by atomic mass is 16.5. The van der Waals surface area contributed by atoms with Crippen molar-refractivity contribution in [1.29, 1.82) is 0 Å². The van der Waals surface area contributed by atoms with Crippen LogP contribution in [0.1, 0.15) is 37.0 Å². The fourth-order valence-corrected chi connectivity index (χ4v) is 2.78. The fourth-order valence-electron chi connectivity index (χ4n) is 2.78. The van der Waals surface area contributed by atoms with Gasteiger partial charge in [-0.05, 0) is 17.7 Å². The van der Waals surface area contributed by atoms with Crippen molar-refractivity contribution in [3.63, 3.8) is 0 Å². The predicted octanol–water partition coefficient (Wildman–Crippen LogP) is 2.22. The number of nitrogens with zero attached hydrogens (tertiary/aromatic N) is 4. The van der Waals surface area contributed by atoms with Crippen molar-refractivity contribution in [2.45, 2.75) is 32.9 Å². The molecule has 124 valence electrons. The second-order valence-corrected chi connectivity index (χ2v) is 6.43. The molecule has 23 heavy (non-hydrogen) atoms. The van der Waals surface area contributed by atoms with E-state index in [1.165, 1.54) is 0 Å². The third-order valence-corrected chi connectivity index (χ3v) is 4.12. The molecular formula is C17H24N4O2. The van der Waals surface area contributed by atoms with Crippen LogP contribution in [0.2, 0.25) is 0 Å². The first-order chi connectivity index (χ1) is 11.1. The van der Waals surface area contributed by atoms with Gasteiger partial charge in [-0.2, -0.15) is 4.98 Å². The number of benzene rings is 1. The Kier molecular flexibility index (Phi) is 4.93. The van der Waals surface area contributed by atoms with Gasteiger partial charge in [0.2, 0.25) is 5.89 Å². The molecule has 1 N–H and O–H groups in total. The summed E-state index contributed by atoms with van der Waals surface area (Å²) in [7, 11) is 0. The normalized spacial score (nSPS) is 17.0. The third kappa shape index (κ3) is 4.30. The topological polar surface area (TPSA) is 65.6 Å². The highest BCUT2D eigenvalue weighted by Crippen LogP contribution is 2.15. The lowest BCUT2D eigenvalue weighted by Crippen LogP contribution is -2.45. The molecule has 0 amide bonds. The second kappa shape index (κ2) is 7.10. The zero-order chi connectivity index (χ0) is 16.2. The van der Waals surface area contributed by atoms with Crippen LogP contribution in [0.4, 0.5) is 0 Å². The van der Waals surface area contributed by atoms with E-state index >= 15 is 0 Å². The van der Waals surface area contributed by atoms with Crippen molar-refractivity contribution < 1.29 is 9.63 Å². The van der Waals surface area contributed by atoms with Gasteiger partial charge in [0.1, 0.15) is 5.75 Å². The summed E-state index contributed by atoms with van der Waals surface area (Å²) in [5, 5.41) is 13.6. The Morgan fingerprint density at radius 2 is 1.83 bits per heavy atom. The zero-order valence-electron chi connectivity index (χ0n) is 13.8. The molecule has 1 aromatic carbocycles. The van der Waals surface area contributed by atoms with E-state index in [0.29, 0.717) is 11.6 Å². The van der Waals surface area contributed by atoms with Gasteiger partial charge in [0.25, 0.3) is 0 Å². The molecule has 1 aliphatic heterocycles. The van der Waals surface area contributed by atoms with Crippen LogP contribution in [-0.2, 0) is 13.1 Å². The maximum Gasteiger partial charge on any atom is 0.229 e. The Hall–Kier alpha value is -1.92. The third-order valence-electron chi connectivity index (χ3n) is 4.12. The molecule has 2 aromatic rings. The first kappa shape index (κ1) is 16.0. The van der Waals surface area contributed by atoms with Gasteiger partial charge in [-0.3, -0.25) is 9.80 Å². The first-order valence-corrected chi connectivity index (χ1v) is 8.15. The quantitative estimate of drug-likeness (QED) is 0.912. The zero-order valence-corrected chi connectivity index (χ0v) is 13.8. The van der Waals surface area contributed by atoms with Gasteiger partial charge in [0.05, 0.1) is 6.54 Å². The summed E-state index contributed by atoms with van der Waals surface area (Å²) < 4.78 is 5.26. The molecule has 1 aromatic heterocycles. The van der Waals surface area contributed by atoms with Crippen LogP contribution >= 0.6 is 0 Å². The summed E-state index contributed by atoms with van der Waals surface area (Å²) in [5.41, 5.74) is 1.15. The van der Waals surface area contributed by atoms with Crippen molar-refractivity contribution in [2.24, 2.45) is 0 Å². The number of piperazine rings is 1. The molecular weight excluding hydrogens is 292 g/mol. The minimum Gasteiger partial charge on any atom is -0.508 e. The summed E-state index contributed by atoms with van der Waals surface area (Å²) in [5.74, 6) is 2.09. The molecule has 6 heteroatoms. The van der Waals surface area contributed by atoms with Gasteiger partial charge in [-0.25, -0.2) is 0 Å². The van der Waals surface area contributed by atoms with E-state index in [1.54, 1.807) is 6.07 Å². The minimum atomic E-state index is 0.274. The Balaban J connectivity index is 1.48. The van der Waals surface area contributed by atoms with Crippen LogP contribution < -0.4 is 0 Å². The number of aromatic hydroxyl groups is 1. The Morgan fingerprint density at radius 1 is 1.13 bits per heavy atom. The molecule has 0 bridgehead atoms. The van der Waals surface area contributed by atoms with E-state index in [9.17, 15) is 5.11 Å². The van der Waals surface area contributed by atoms with Crippen molar-refractivity contribution >= 4 is 0 Å². The van der Waals surface area contributed by atoms with E-state index in [0.717, 1.165) is 50.7 Å². The van der Waals surface area contributed by atoms with Gasteiger partial charge in [0, 0.05) is 38.6 Å². The molecule has 0 atom stereocenters. The lowest BCUT2D eigenvalue weighted by Gasteiger charge is -2.34. The fraction of sp³-hybridized carbons (Fsp3) is 0.529. The van der Waals surface area contributed by atoms with Crippen LogP contribution in [0.25, 0.3) is 0 Å². The molecule has 0 saturated carbocycles. The van der Waals surface area contributed by atoms with Crippen LogP contribution in [0.15, 0.2) is 28.8 Å². The summed E-state index contributed by atoms with van der Waals surface area (Å²) in [6, 6.07) is 7.49. The minimum absolute atomic E-state index is 0.274. The SMILES string of the molecule is CC(C)c1nc(CN2CCN(Cc3cccc(O)c3)CC2)no1. The smallest absolute Gasteiger partial charge is 0.229 e. The molecule has 0 spiro atoms. The number of phenolic OH excluding ortho intramolecular Hbond substituents is 1. The number of phenols is 1. The summed E-state index contributed by atoms with van der Waals surface area (Å²) in [4.78, 5) is 9.20. The monoisotopic (exact) mass is 316 g/mol. The maximum atomic E-state index is 9.54. The standard InChI is InChI=1S/C17H24N4O2/c1-13(2)17-18-16(19-23-17)12-21-8-6-20(7-9-21)11-14-4-3-5-15(22)10-14/h3-5,10,13,22H,6-9,11-12H2,1-2H3. The lowest BCUT2D eigenvalue weighted by atomic mass is 10.2. The highest BCUT2D eigenvalue weighted by molar-refractivity contribution is 5.27. The molecule has 6 nitrogen and oxygen atoms in total. The average Bonchev–Trinajstić information content (AvgIpc) is 2.98. The number of rotatable bonds is 5. The summed E-state index contributed by atoms with van der Waals surface area (Å²) in [6.45, 7) is 9.72. The van der Waals surface area contributed by atoms with Gasteiger partial charge < -0.3 is 9.63 Å². The molecule has 1 saturated heterocycles. The van der Waals surface area contributed by atoms with Crippen molar-refractivity contribution in [3.8, 4) is 5.75 Å². The van der Waals surface area contributed by atoms with Crippen molar-refractivity contribution in [3.05, 3.63) is 41.5 Å². The largest absolute Gasteiger partial charge is 0.508 e. The molecule has 0 aliphatic carbocycles. The van der Waals surface area contributed by atoms with E-state index in [4.69, 9.17) is 4.52 Å². The van der Waals surface area contributed by atoms with Crippen LogP contribution in [-0.4, -0.2) is 51.2 Å². The molecule has 1 aliphatic rings. The van der Waals surface area contributed by atoms with Crippen molar-refractivity contribution in [2.75, 3.05) is 26.2 Å². The Morgan fingerprint density at radius 3 is 2.43 bits per heavy atom. The Labute approximate surface area is 136 Å². The van der Waals surface area contributed by atoms with Gasteiger partial charge in [-0.15, -0.1) is 0 Å². The van der Waals surface area contributed by atoms with E-state index in [1.807, 2.05) is 12.1 Å². The van der Waals surface area contributed by atoms with Crippen LogP contribution in [0, 0.1) is 0 Å². The summed E-state index contributed by atoms with van der Waals surface area (Å²) in [6.07, 6.45) is 0. The van der Waals surface area contributed by atoms with Crippen LogP contribution in [0.3, 0.4) is 0 Å². The number of hydrogen-bond donors (Lipinski definition) is 1. The lowest BCUT2D eigenvalue weighted by molar-refractivity contribution is 0.119. The average molecular weight is 316 g/mol. The molecule has 3 rings (SSSR count). The number of hydrogen-bond acceptors (Lipinski definition) is 6. The van der Waals surface area contributed by atoms with Gasteiger partial charge in [0.15, 0.2) is 5.82 Å². The second-order valence-electron chi connectivity index (χ2n) is 6.43. The van der Waals surface area contributed by atoms with E-state index in [-0.39, 0.29) is 5.92 Å².